The minimum atomic E-state index is -1.08. The van der Waals surface area contributed by atoms with Crippen molar-refractivity contribution in [2.45, 2.75) is 45.8 Å². The van der Waals surface area contributed by atoms with Gasteiger partial charge >= 0.3 is 5.97 Å². The summed E-state index contributed by atoms with van der Waals surface area (Å²) in [7, 11) is 0. The number of carbonyl (C=O) groups is 4. The Kier molecular flexibility index (Phi) is 5.30. The van der Waals surface area contributed by atoms with Gasteiger partial charge in [0.25, 0.3) is 17.7 Å². The second-order valence-corrected chi connectivity index (χ2v) is 7.33. The van der Waals surface area contributed by atoms with Crippen LogP contribution in [0.4, 0.5) is 0 Å². The SMILES string of the molecule is CC(C)[C@@H](C(=O)O[C@H](C)C(=O)N1CCCC1)N1C(=O)c2ccccc2C1=O. The summed E-state index contributed by atoms with van der Waals surface area (Å²) in [6, 6.07) is 5.40. The van der Waals surface area contributed by atoms with Crippen LogP contribution in [0.15, 0.2) is 24.3 Å². The number of hydrogen-bond donors (Lipinski definition) is 0. The van der Waals surface area contributed by atoms with E-state index in [1.165, 1.54) is 6.92 Å². The Labute approximate surface area is 158 Å². The Morgan fingerprint density at radius 2 is 1.48 bits per heavy atom. The predicted octanol–water partition coefficient (Wildman–Crippen LogP) is 1.86. The summed E-state index contributed by atoms with van der Waals surface area (Å²) in [4.78, 5) is 53.3. The topological polar surface area (TPSA) is 84.0 Å². The lowest BCUT2D eigenvalue weighted by Gasteiger charge is -2.29. The second-order valence-electron chi connectivity index (χ2n) is 7.33. The minimum Gasteiger partial charge on any atom is -0.451 e. The van der Waals surface area contributed by atoms with E-state index < -0.39 is 29.9 Å². The van der Waals surface area contributed by atoms with Gasteiger partial charge in [-0.2, -0.15) is 0 Å². The highest BCUT2D eigenvalue weighted by Gasteiger charge is 2.45. The largest absolute Gasteiger partial charge is 0.451 e. The fourth-order valence-corrected chi connectivity index (χ4v) is 3.63. The Morgan fingerprint density at radius 1 is 0.963 bits per heavy atom. The molecule has 2 atom stereocenters. The number of carbonyl (C=O) groups excluding carboxylic acids is 4. The van der Waals surface area contributed by atoms with Crippen LogP contribution in [0, 0.1) is 5.92 Å². The molecule has 0 N–H and O–H groups in total. The quantitative estimate of drug-likeness (QED) is 0.582. The Bertz CT molecular complexity index is 747. The molecule has 144 valence electrons. The number of imide groups is 1. The van der Waals surface area contributed by atoms with Crippen molar-refractivity contribution in [3.63, 3.8) is 0 Å². The number of amides is 3. The molecule has 27 heavy (non-hydrogen) atoms. The zero-order valence-electron chi connectivity index (χ0n) is 15.8. The van der Waals surface area contributed by atoms with E-state index in [-0.39, 0.29) is 23.0 Å². The lowest BCUT2D eigenvalue weighted by Crippen LogP contribution is -2.50. The number of benzene rings is 1. The lowest BCUT2D eigenvalue weighted by atomic mass is 10.0. The van der Waals surface area contributed by atoms with E-state index in [4.69, 9.17) is 4.74 Å². The second kappa shape index (κ2) is 7.50. The molecule has 3 rings (SSSR count). The van der Waals surface area contributed by atoms with Crippen molar-refractivity contribution in [3.05, 3.63) is 35.4 Å². The Morgan fingerprint density at radius 3 is 1.96 bits per heavy atom. The van der Waals surface area contributed by atoms with Crippen molar-refractivity contribution in [3.8, 4) is 0 Å². The molecule has 3 amide bonds. The van der Waals surface area contributed by atoms with Crippen molar-refractivity contribution < 1.29 is 23.9 Å². The van der Waals surface area contributed by atoms with Gasteiger partial charge in [-0.05, 0) is 37.8 Å². The standard InChI is InChI=1S/C20H24N2O5/c1-12(2)16(20(26)27-13(3)17(23)21-10-6-7-11-21)22-18(24)14-8-4-5-9-15(14)19(22)25/h4-5,8-9,12-13,16H,6-7,10-11H2,1-3H3/t13-,16+/m1/s1. The third-order valence-electron chi connectivity index (χ3n) is 5.04. The molecule has 7 nitrogen and oxygen atoms in total. The summed E-state index contributed by atoms with van der Waals surface area (Å²) >= 11 is 0. The highest BCUT2D eigenvalue weighted by molar-refractivity contribution is 6.22. The normalized spacial score (nSPS) is 18.7. The summed E-state index contributed by atoms with van der Waals surface area (Å²) in [5.74, 6) is -2.35. The molecule has 2 heterocycles. The molecule has 0 unspecified atom stereocenters. The van der Waals surface area contributed by atoms with Crippen LogP contribution in [0.2, 0.25) is 0 Å². The number of fused-ring (bicyclic) bond motifs is 1. The number of ether oxygens (including phenoxy) is 1. The van der Waals surface area contributed by atoms with Gasteiger partial charge in [-0.25, -0.2) is 4.79 Å². The Hall–Kier alpha value is -2.70. The zero-order chi connectivity index (χ0) is 19.7. The van der Waals surface area contributed by atoms with E-state index in [0.29, 0.717) is 13.1 Å². The summed E-state index contributed by atoms with van der Waals surface area (Å²) in [5.41, 5.74) is 0.560. The van der Waals surface area contributed by atoms with Crippen LogP contribution in [-0.2, 0) is 14.3 Å². The number of esters is 1. The molecule has 7 heteroatoms. The predicted molar refractivity (Wildman–Crippen MR) is 96.9 cm³/mol. The fraction of sp³-hybridized carbons (Fsp3) is 0.500. The molecule has 2 aliphatic heterocycles. The summed E-state index contributed by atoms with van der Waals surface area (Å²) < 4.78 is 5.38. The maximum Gasteiger partial charge on any atom is 0.330 e. The minimum absolute atomic E-state index is 0.245. The molecular formula is C20H24N2O5. The van der Waals surface area contributed by atoms with E-state index in [2.05, 4.69) is 0 Å². The van der Waals surface area contributed by atoms with Gasteiger partial charge in [0.15, 0.2) is 6.10 Å². The summed E-state index contributed by atoms with van der Waals surface area (Å²) in [5, 5.41) is 0. The maximum absolute atomic E-state index is 12.8. The van der Waals surface area contributed by atoms with Crippen molar-refractivity contribution in [2.24, 2.45) is 5.92 Å². The average Bonchev–Trinajstić information content (AvgIpc) is 3.25. The van der Waals surface area contributed by atoms with Gasteiger partial charge in [0.1, 0.15) is 6.04 Å². The molecule has 0 aliphatic carbocycles. The van der Waals surface area contributed by atoms with Crippen LogP contribution in [0.25, 0.3) is 0 Å². The van der Waals surface area contributed by atoms with Gasteiger partial charge in [0.2, 0.25) is 0 Å². The van der Waals surface area contributed by atoms with Crippen molar-refractivity contribution in [1.29, 1.82) is 0 Å². The van der Waals surface area contributed by atoms with E-state index >= 15 is 0 Å². The average molecular weight is 372 g/mol. The number of rotatable bonds is 5. The third kappa shape index (κ3) is 3.46. The van der Waals surface area contributed by atoms with Crippen LogP contribution < -0.4 is 0 Å². The first-order chi connectivity index (χ1) is 12.8. The van der Waals surface area contributed by atoms with Gasteiger partial charge < -0.3 is 9.64 Å². The van der Waals surface area contributed by atoms with E-state index in [9.17, 15) is 19.2 Å². The van der Waals surface area contributed by atoms with Crippen LogP contribution in [0.1, 0.15) is 54.3 Å². The van der Waals surface area contributed by atoms with Crippen LogP contribution >= 0.6 is 0 Å². The molecule has 1 fully saturated rings. The van der Waals surface area contributed by atoms with Crippen molar-refractivity contribution in [1.82, 2.24) is 9.80 Å². The highest BCUT2D eigenvalue weighted by atomic mass is 16.5. The molecule has 0 aromatic heterocycles. The first-order valence-electron chi connectivity index (χ1n) is 9.29. The van der Waals surface area contributed by atoms with Gasteiger partial charge in [-0.3, -0.25) is 19.3 Å². The monoisotopic (exact) mass is 372 g/mol. The highest BCUT2D eigenvalue weighted by Crippen LogP contribution is 2.28. The van der Waals surface area contributed by atoms with Gasteiger partial charge in [0.05, 0.1) is 11.1 Å². The van der Waals surface area contributed by atoms with E-state index in [1.54, 1.807) is 43.0 Å². The van der Waals surface area contributed by atoms with Gasteiger partial charge in [-0.15, -0.1) is 0 Å². The van der Waals surface area contributed by atoms with E-state index in [0.717, 1.165) is 17.7 Å². The Balaban J connectivity index is 1.78. The molecule has 0 saturated carbocycles. The zero-order valence-corrected chi connectivity index (χ0v) is 15.8. The fourth-order valence-electron chi connectivity index (χ4n) is 3.63. The first-order valence-corrected chi connectivity index (χ1v) is 9.29. The third-order valence-corrected chi connectivity index (χ3v) is 5.04. The molecule has 2 aliphatic rings. The smallest absolute Gasteiger partial charge is 0.330 e. The van der Waals surface area contributed by atoms with E-state index in [1.807, 2.05) is 0 Å². The maximum atomic E-state index is 12.8. The molecule has 0 spiro atoms. The molecule has 0 bridgehead atoms. The molecule has 1 aromatic carbocycles. The summed E-state index contributed by atoms with van der Waals surface area (Å²) in [6.45, 7) is 6.32. The molecule has 1 saturated heterocycles. The number of nitrogens with zero attached hydrogens (tertiary/aromatic N) is 2. The van der Waals surface area contributed by atoms with Crippen LogP contribution in [0.5, 0.6) is 0 Å². The molecular weight excluding hydrogens is 348 g/mol. The first kappa shape index (κ1) is 19.1. The lowest BCUT2D eigenvalue weighted by molar-refractivity contribution is -0.163. The molecule has 1 aromatic rings. The van der Waals surface area contributed by atoms with Crippen molar-refractivity contribution in [2.75, 3.05) is 13.1 Å². The number of hydrogen-bond acceptors (Lipinski definition) is 5. The number of likely N-dealkylation sites (tertiary alicyclic amines) is 1. The van der Waals surface area contributed by atoms with Crippen LogP contribution in [0.3, 0.4) is 0 Å². The van der Waals surface area contributed by atoms with Crippen molar-refractivity contribution >= 4 is 23.7 Å². The summed E-state index contributed by atoms with van der Waals surface area (Å²) in [6.07, 6.45) is 0.929. The van der Waals surface area contributed by atoms with Gasteiger partial charge in [-0.1, -0.05) is 26.0 Å². The van der Waals surface area contributed by atoms with Crippen LogP contribution in [-0.4, -0.2) is 58.7 Å². The molecule has 0 radical (unpaired) electrons. The van der Waals surface area contributed by atoms with Gasteiger partial charge in [0, 0.05) is 13.1 Å².